The number of aliphatic hydroxyl groups is 1. The van der Waals surface area contributed by atoms with Crippen LogP contribution in [0.15, 0.2) is 22.2 Å². The number of nitrogens with two attached hydrogens (primary N) is 1. The van der Waals surface area contributed by atoms with Crippen molar-refractivity contribution in [3.05, 3.63) is 33.2 Å². The molecule has 2 saturated heterocycles. The molecule has 1 aromatic heterocycles. The summed E-state index contributed by atoms with van der Waals surface area (Å²) in [4.78, 5) is 18.3. The number of nitrogens with zero attached hydrogens (tertiary/aromatic N) is 5. The van der Waals surface area contributed by atoms with Crippen LogP contribution in [0.25, 0.3) is 10.4 Å². The molecule has 0 aliphatic carbocycles. The molecule has 11 heteroatoms. The van der Waals surface area contributed by atoms with E-state index < -0.39 is 42.7 Å². The van der Waals surface area contributed by atoms with Gasteiger partial charge < -0.3 is 25.1 Å². The Kier molecular flexibility index (Phi) is 3.51. The second-order valence-corrected chi connectivity index (χ2v) is 4.97. The summed E-state index contributed by atoms with van der Waals surface area (Å²) in [6.07, 6.45) is -1.76. The van der Waals surface area contributed by atoms with Crippen LogP contribution in [0.3, 0.4) is 0 Å². The first kappa shape index (κ1) is 14.8. The maximum atomic E-state index is 12.0. The summed E-state index contributed by atoms with van der Waals surface area (Å²) in [7, 11) is 0. The van der Waals surface area contributed by atoms with Gasteiger partial charge in [-0.1, -0.05) is 5.11 Å². The van der Waals surface area contributed by atoms with E-state index in [1.165, 1.54) is 12.3 Å². The minimum Gasteiger partial charge on any atom is -0.393 e. The van der Waals surface area contributed by atoms with Gasteiger partial charge in [0.2, 0.25) is 5.72 Å². The topological polar surface area (TPSA) is 158 Å². The van der Waals surface area contributed by atoms with Gasteiger partial charge in [0, 0.05) is 11.1 Å². The Hall–Kier alpha value is -2.17. The van der Waals surface area contributed by atoms with Crippen LogP contribution in [0, 0.1) is 0 Å². The maximum Gasteiger partial charge on any atom is 0.351 e. The van der Waals surface area contributed by atoms with Crippen LogP contribution in [-0.2, 0) is 14.2 Å². The van der Waals surface area contributed by atoms with Gasteiger partial charge in [-0.15, -0.1) is 0 Å². The molecule has 0 bridgehead atoms. The Balaban J connectivity index is 2.06. The first-order chi connectivity index (χ1) is 10.5. The summed E-state index contributed by atoms with van der Waals surface area (Å²) in [6, 6.07) is 1.42. The predicted octanol–water partition coefficient (Wildman–Crippen LogP) is -0.517. The third-order valence-corrected chi connectivity index (χ3v) is 3.60. The standard InChI is InChI=1S/C11H14N6O5/c1-5-20-7-8(21-5)11(4-18,15-16-13)22-9(7)17-3-2-6(12)14-10(17)19/h2-3,5,7-9,18H,4H2,1H3,(H2,12,14,19)/t5-,7-,8-,9+,11+/m0/s1. The number of fused-ring (bicyclic) bond motifs is 1. The molecule has 2 fully saturated rings. The van der Waals surface area contributed by atoms with Gasteiger partial charge in [-0.25, -0.2) is 4.79 Å². The lowest BCUT2D eigenvalue weighted by molar-refractivity contribution is -0.185. The molecule has 118 valence electrons. The van der Waals surface area contributed by atoms with Crippen LogP contribution in [0.1, 0.15) is 13.2 Å². The third kappa shape index (κ3) is 2.12. The summed E-state index contributed by atoms with van der Waals surface area (Å²) in [5.41, 5.74) is 11.9. The summed E-state index contributed by atoms with van der Waals surface area (Å²) < 4.78 is 17.9. The van der Waals surface area contributed by atoms with Gasteiger partial charge in [0.25, 0.3) is 0 Å². The van der Waals surface area contributed by atoms with Gasteiger partial charge in [0.15, 0.2) is 12.5 Å². The van der Waals surface area contributed by atoms with Gasteiger partial charge in [-0.3, -0.25) is 4.57 Å². The number of anilines is 1. The average Bonchev–Trinajstić information content (AvgIpc) is 2.98. The van der Waals surface area contributed by atoms with Crippen molar-refractivity contribution in [2.75, 3.05) is 12.3 Å². The molecule has 3 heterocycles. The first-order valence-electron chi connectivity index (χ1n) is 6.51. The van der Waals surface area contributed by atoms with Crippen molar-refractivity contribution >= 4 is 5.82 Å². The average molecular weight is 310 g/mol. The molecule has 0 radical (unpaired) electrons. The Bertz CT molecular complexity index is 688. The molecule has 5 atom stereocenters. The molecule has 2 aliphatic heterocycles. The second-order valence-electron chi connectivity index (χ2n) is 4.97. The molecule has 3 rings (SSSR count). The van der Waals surface area contributed by atoms with E-state index >= 15 is 0 Å². The summed E-state index contributed by atoms with van der Waals surface area (Å²) in [5.74, 6) is 0.0659. The van der Waals surface area contributed by atoms with Crippen molar-refractivity contribution in [1.82, 2.24) is 9.55 Å². The number of hydrogen-bond acceptors (Lipinski definition) is 8. The van der Waals surface area contributed by atoms with E-state index in [0.29, 0.717) is 0 Å². The van der Waals surface area contributed by atoms with E-state index in [9.17, 15) is 9.90 Å². The highest BCUT2D eigenvalue weighted by Gasteiger charge is 2.61. The smallest absolute Gasteiger partial charge is 0.351 e. The Labute approximate surface area is 123 Å². The highest BCUT2D eigenvalue weighted by Crippen LogP contribution is 2.45. The Morgan fingerprint density at radius 2 is 2.41 bits per heavy atom. The molecular formula is C11H14N6O5. The highest BCUT2D eigenvalue weighted by molar-refractivity contribution is 5.23. The Morgan fingerprint density at radius 3 is 3.05 bits per heavy atom. The van der Waals surface area contributed by atoms with Crippen molar-refractivity contribution in [1.29, 1.82) is 0 Å². The SMILES string of the molecule is C[C@H]1O[C@@H]2[C@H](n3ccc(N)nc3=O)O[C@@](CO)(N=[N+]=[N-])[C@H]2O1. The van der Waals surface area contributed by atoms with Crippen LogP contribution in [0.5, 0.6) is 0 Å². The molecule has 0 aromatic carbocycles. The lowest BCUT2D eigenvalue weighted by atomic mass is 10.1. The third-order valence-electron chi connectivity index (χ3n) is 3.60. The quantitative estimate of drug-likeness (QED) is 0.432. The van der Waals surface area contributed by atoms with Crippen molar-refractivity contribution in [3.8, 4) is 0 Å². The van der Waals surface area contributed by atoms with Crippen molar-refractivity contribution in [2.24, 2.45) is 5.11 Å². The van der Waals surface area contributed by atoms with Gasteiger partial charge >= 0.3 is 5.69 Å². The van der Waals surface area contributed by atoms with E-state index in [0.717, 1.165) is 4.57 Å². The first-order valence-corrected chi connectivity index (χ1v) is 6.51. The zero-order valence-corrected chi connectivity index (χ0v) is 11.6. The van der Waals surface area contributed by atoms with Crippen molar-refractivity contribution in [3.63, 3.8) is 0 Å². The largest absolute Gasteiger partial charge is 0.393 e. The fourth-order valence-electron chi connectivity index (χ4n) is 2.68. The number of hydrogen-bond donors (Lipinski definition) is 2. The molecule has 0 amide bonds. The molecular weight excluding hydrogens is 296 g/mol. The Morgan fingerprint density at radius 1 is 1.64 bits per heavy atom. The summed E-state index contributed by atoms with van der Waals surface area (Å²) >= 11 is 0. The molecule has 22 heavy (non-hydrogen) atoms. The number of nitrogen functional groups attached to an aromatic ring is 1. The van der Waals surface area contributed by atoms with Crippen LogP contribution in [-0.4, -0.2) is 45.5 Å². The van der Waals surface area contributed by atoms with Crippen LogP contribution < -0.4 is 11.4 Å². The lowest BCUT2D eigenvalue weighted by Gasteiger charge is -2.26. The fourth-order valence-corrected chi connectivity index (χ4v) is 2.68. The molecule has 0 spiro atoms. The molecule has 1 aromatic rings. The van der Waals surface area contributed by atoms with Crippen molar-refractivity contribution in [2.45, 2.75) is 37.4 Å². The molecule has 0 saturated carbocycles. The highest BCUT2D eigenvalue weighted by atomic mass is 16.8. The van der Waals surface area contributed by atoms with E-state index in [1.54, 1.807) is 6.92 Å². The van der Waals surface area contributed by atoms with Gasteiger partial charge in [0.05, 0.1) is 6.61 Å². The lowest BCUT2D eigenvalue weighted by Crippen LogP contribution is -2.43. The molecule has 2 aliphatic rings. The normalized spacial score (nSPS) is 36.8. The van der Waals surface area contributed by atoms with E-state index in [2.05, 4.69) is 15.0 Å². The monoisotopic (exact) mass is 310 g/mol. The number of azide groups is 1. The minimum absolute atomic E-state index is 0.0659. The zero-order valence-electron chi connectivity index (χ0n) is 11.6. The predicted molar refractivity (Wildman–Crippen MR) is 71.2 cm³/mol. The van der Waals surface area contributed by atoms with Crippen LogP contribution in [0.2, 0.25) is 0 Å². The second kappa shape index (κ2) is 5.23. The van der Waals surface area contributed by atoms with Crippen LogP contribution >= 0.6 is 0 Å². The van der Waals surface area contributed by atoms with Crippen molar-refractivity contribution < 1.29 is 19.3 Å². The molecule has 11 nitrogen and oxygen atoms in total. The summed E-state index contributed by atoms with van der Waals surface area (Å²) in [5, 5.41) is 13.1. The molecule has 3 N–H and O–H groups in total. The van der Waals surface area contributed by atoms with Gasteiger partial charge in [-0.05, 0) is 18.5 Å². The van der Waals surface area contributed by atoms with Gasteiger partial charge in [0.1, 0.15) is 18.0 Å². The number of ether oxygens (including phenoxy) is 3. The number of rotatable bonds is 3. The number of aromatic nitrogens is 2. The molecule has 0 unspecified atom stereocenters. The van der Waals surface area contributed by atoms with Gasteiger partial charge in [-0.2, -0.15) is 4.98 Å². The van der Waals surface area contributed by atoms with E-state index in [4.69, 9.17) is 25.5 Å². The van der Waals surface area contributed by atoms with E-state index in [1.807, 2.05) is 0 Å². The summed E-state index contributed by atoms with van der Waals surface area (Å²) in [6.45, 7) is 1.03. The maximum absolute atomic E-state index is 12.0. The minimum atomic E-state index is -1.67. The fraction of sp³-hybridized carbons (Fsp3) is 0.636. The zero-order chi connectivity index (χ0) is 15.9. The van der Waals surface area contributed by atoms with E-state index in [-0.39, 0.29) is 5.82 Å². The van der Waals surface area contributed by atoms with Crippen LogP contribution in [0.4, 0.5) is 5.82 Å². The number of aliphatic hydroxyl groups excluding tert-OH is 1.